The fourth-order valence-electron chi connectivity index (χ4n) is 0.903. The van der Waals surface area contributed by atoms with Crippen LogP contribution in [0.2, 0.25) is 0 Å². The summed E-state index contributed by atoms with van der Waals surface area (Å²) in [7, 11) is -3.20. The topological polar surface area (TPSA) is 59.3 Å². The average Bonchev–Trinajstić information content (AvgIpc) is 2.64. The third-order valence-electron chi connectivity index (χ3n) is 1.62. The van der Waals surface area contributed by atoms with Crippen molar-refractivity contribution in [3.8, 4) is 0 Å². The van der Waals surface area contributed by atoms with Crippen LogP contribution in [0.1, 0.15) is 12.0 Å². The van der Waals surface area contributed by atoms with E-state index in [1.54, 1.807) is 6.07 Å². The SMILES string of the molecule is O=S(=O)(CCCCl)NCc1ccoc1. The molecular weight excluding hydrogens is 226 g/mol. The second-order valence-electron chi connectivity index (χ2n) is 2.81. The zero-order chi connectivity index (χ0) is 10.4. The predicted octanol–water partition coefficient (Wildman–Crippen LogP) is 1.33. The van der Waals surface area contributed by atoms with Crippen molar-refractivity contribution in [3.63, 3.8) is 0 Å². The minimum Gasteiger partial charge on any atom is -0.472 e. The van der Waals surface area contributed by atoms with Crippen molar-refractivity contribution in [2.24, 2.45) is 0 Å². The number of hydrogen-bond donors (Lipinski definition) is 1. The zero-order valence-electron chi connectivity index (χ0n) is 7.57. The smallest absolute Gasteiger partial charge is 0.211 e. The van der Waals surface area contributed by atoms with Gasteiger partial charge in [-0.2, -0.15) is 0 Å². The molecule has 0 aliphatic heterocycles. The van der Waals surface area contributed by atoms with Crippen LogP contribution in [0.4, 0.5) is 0 Å². The number of furan rings is 1. The highest BCUT2D eigenvalue weighted by Crippen LogP contribution is 2.00. The lowest BCUT2D eigenvalue weighted by Gasteiger charge is -2.03. The van der Waals surface area contributed by atoms with Crippen LogP contribution < -0.4 is 4.72 Å². The summed E-state index contributed by atoms with van der Waals surface area (Å²) >= 11 is 5.40. The molecule has 0 aliphatic rings. The molecule has 80 valence electrons. The normalized spacial score (nSPS) is 11.8. The Hall–Kier alpha value is -0.520. The second kappa shape index (κ2) is 5.38. The fraction of sp³-hybridized carbons (Fsp3) is 0.500. The molecule has 1 aromatic heterocycles. The van der Waals surface area contributed by atoms with Gasteiger partial charge in [0.2, 0.25) is 10.0 Å². The Balaban J connectivity index is 2.37. The van der Waals surface area contributed by atoms with Gasteiger partial charge < -0.3 is 4.42 Å². The third kappa shape index (κ3) is 4.13. The first-order valence-corrected chi connectivity index (χ1v) is 6.37. The van der Waals surface area contributed by atoms with E-state index in [9.17, 15) is 8.42 Å². The lowest BCUT2D eigenvalue weighted by Crippen LogP contribution is -2.25. The van der Waals surface area contributed by atoms with Gasteiger partial charge in [0.1, 0.15) is 0 Å². The minimum atomic E-state index is -3.20. The van der Waals surface area contributed by atoms with E-state index in [-0.39, 0.29) is 12.3 Å². The quantitative estimate of drug-likeness (QED) is 0.760. The highest BCUT2D eigenvalue weighted by molar-refractivity contribution is 7.89. The van der Waals surface area contributed by atoms with E-state index in [1.807, 2.05) is 0 Å². The van der Waals surface area contributed by atoms with Crippen molar-refractivity contribution in [1.29, 1.82) is 0 Å². The maximum absolute atomic E-state index is 11.3. The Kier molecular flexibility index (Phi) is 4.44. The standard InChI is InChI=1S/C8H12ClNO3S/c9-3-1-5-14(11,12)10-6-8-2-4-13-7-8/h2,4,7,10H,1,3,5-6H2. The van der Waals surface area contributed by atoms with Crippen LogP contribution in [0.5, 0.6) is 0 Å². The molecular formula is C8H12ClNO3S. The molecule has 0 saturated heterocycles. The molecule has 6 heteroatoms. The number of rotatable bonds is 6. The summed E-state index contributed by atoms with van der Waals surface area (Å²) in [4.78, 5) is 0. The van der Waals surface area contributed by atoms with Gasteiger partial charge in [-0.25, -0.2) is 13.1 Å². The van der Waals surface area contributed by atoms with Gasteiger partial charge in [0.15, 0.2) is 0 Å². The van der Waals surface area contributed by atoms with Crippen LogP contribution in [-0.2, 0) is 16.6 Å². The van der Waals surface area contributed by atoms with Crippen LogP contribution >= 0.6 is 11.6 Å². The molecule has 1 aromatic rings. The molecule has 0 amide bonds. The van der Waals surface area contributed by atoms with Gasteiger partial charge in [0, 0.05) is 18.0 Å². The van der Waals surface area contributed by atoms with Crippen molar-refractivity contribution in [2.45, 2.75) is 13.0 Å². The van der Waals surface area contributed by atoms with Gasteiger partial charge in [0.05, 0.1) is 18.3 Å². The van der Waals surface area contributed by atoms with Gasteiger partial charge in [-0.1, -0.05) is 0 Å². The monoisotopic (exact) mass is 237 g/mol. The van der Waals surface area contributed by atoms with Crippen LogP contribution in [0.25, 0.3) is 0 Å². The highest BCUT2D eigenvalue weighted by atomic mass is 35.5. The van der Waals surface area contributed by atoms with E-state index in [2.05, 4.69) is 4.72 Å². The summed E-state index contributed by atoms with van der Waals surface area (Å²) < 4.78 is 29.8. The van der Waals surface area contributed by atoms with Gasteiger partial charge >= 0.3 is 0 Å². The molecule has 4 nitrogen and oxygen atoms in total. The second-order valence-corrected chi connectivity index (χ2v) is 5.12. The molecule has 1 heterocycles. The van der Waals surface area contributed by atoms with Crippen molar-refractivity contribution < 1.29 is 12.8 Å². The van der Waals surface area contributed by atoms with Gasteiger partial charge in [0.25, 0.3) is 0 Å². The molecule has 1 N–H and O–H groups in total. The van der Waals surface area contributed by atoms with Crippen LogP contribution in [-0.4, -0.2) is 20.1 Å². The maximum atomic E-state index is 11.3. The van der Waals surface area contributed by atoms with Crippen LogP contribution in [0.15, 0.2) is 23.0 Å². The Bertz CT molecular complexity index is 347. The molecule has 0 atom stereocenters. The molecule has 0 spiro atoms. The molecule has 0 aliphatic carbocycles. The summed E-state index contributed by atoms with van der Waals surface area (Å²) in [5.41, 5.74) is 0.805. The zero-order valence-corrected chi connectivity index (χ0v) is 9.14. The molecule has 0 bridgehead atoms. The van der Waals surface area contributed by atoms with Gasteiger partial charge in [-0.15, -0.1) is 11.6 Å². The first kappa shape index (κ1) is 11.6. The number of hydrogen-bond acceptors (Lipinski definition) is 3. The Morgan fingerprint density at radius 3 is 2.86 bits per heavy atom. The van der Waals surface area contributed by atoms with Crippen molar-refractivity contribution >= 4 is 21.6 Å². The van der Waals surface area contributed by atoms with Gasteiger partial charge in [-0.05, 0) is 12.5 Å². The summed E-state index contributed by atoms with van der Waals surface area (Å²) in [6, 6.07) is 1.71. The van der Waals surface area contributed by atoms with Crippen molar-refractivity contribution in [2.75, 3.05) is 11.6 Å². The molecule has 0 saturated carbocycles. The lowest BCUT2D eigenvalue weighted by molar-refractivity contribution is 0.561. The van der Waals surface area contributed by atoms with Crippen molar-refractivity contribution in [3.05, 3.63) is 24.2 Å². The Morgan fingerprint density at radius 1 is 1.50 bits per heavy atom. The molecule has 0 fully saturated rings. The fourth-order valence-corrected chi connectivity index (χ4v) is 2.25. The van der Waals surface area contributed by atoms with Crippen molar-refractivity contribution in [1.82, 2.24) is 4.72 Å². The van der Waals surface area contributed by atoms with E-state index in [1.165, 1.54) is 12.5 Å². The maximum Gasteiger partial charge on any atom is 0.211 e. The first-order chi connectivity index (χ1) is 6.64. The largest absolute Gasteiger partial charge is 0.472 e. The predicted molar refractivity (Wildman–Crippen MR) is 54.7 cm³/mol. The lowest BCUT2D eigenvalue weighted by atomic mass is 10.4. The van der Waals surface area contributed by atoms with E-state index in [0.29, 0.717) is 12.3 Å². The van der Waals surface area contributed by atoms with E-state index in [4.69, 9.17) is 16.0 Å². The van der Waals surface area contributed by atoms with Crippen LogP contribution in [0, 0.1) is 0 Å². The van der Waals surface area contributed by atoms with E-state index in [0.717, 1.165) is 5.56 Å². The summed E-state index contributed by atoms with van der Waals surface area (Å²) in [6.45, 7) is 0.265. The first-order valence-electron chi connectivity index (χ1n) is 4.18. The summed E-state index contributed by atoms with van der Waals surface area (Å²) in [6.07, 6.45) is 3.47. The Labute approximate surface area is 88.3 Å². The number of sulfonamides is 1. The van der Waals surface area contributed by atoms with E-state index < -0.39 is 10.0 Å². The highest BCUT2D eigenvalue weighted by Gasteiger charge is 2.08. The summed E-state index contributed by atoms with van der Waals surface area (Å²) in [5, 5.41) is 0. The third-order valence-corrected chi connectivity index (χ3v) is 3.30. The van der Waals surface area contributed by atoms with Gasteiger partial charge in [-0.3, -0.25) is 0 Å². The molecule has 14 heavy (non-hydrogen) atoms. The molecule has 1 rings (SSSR count). The van der Waals surface area contributed by atoms with Crippen LogP contribution in [0.3, 0.4) is 0 Å². The molecule has 0 aromatic carbocycles. The summed E-state index contributed by atoms with van der Waals surface area (Å²) in [5.74, 6) is 0.418. The number of alkyl halides is 1. The minimum absolute atomic E-state index is 0.0638. The number of nitrogens with one attached hydrogen (secondary N) is 1. The molecule has 0 radical (unpaired) electrons. The average molecular weight is 238 g/mol. The number of halogens is 1. The van der Waals surface area contributed by atoms with E-state index >= 15 is 0 Å². The Morgan fingerprint density at radius 2 is 2.29 bits per heavy atom. The molecule has 0 unspecified atom stereocenters.